The van der Waals surface area contributed by atoms with E-state index in [4.69, 9.17) is 9.47 Å². The van der Waals surface area contributed by atoms with E-state index < -0.39 is 29.0 Å². The number of rotatable bonds is 8. The Balaban J connectivity index is 1.67. The van der Waals surface area contributed by atoms with Gasteiger partial charge in [-0.3, -0.25) is 15.0 Å². The van der Waals surface area contributed by atoms with E-state index in [-0.39, 0.29) is 29.5 Å². The zero-order chi connectivity index (χ0) is 28.1. The maximum Gasteiger partial charge on any atom is 0.338 e. The van der Waals surface area contributed by atoms with Crippen LogP contribution in [-0.2, 0) is 19.1 Å². The third-order valence-electron chi connectivity index (χ3n) is 7.13. The third kappa shape index (κ3) is 6.02. The first kappa shape index (κ1) is 28.0. The molecule has 2 aliphatic rings. The van der Waals surface area contributed by atoms with Crippen LogP contribution in [0.4, 0.5) is 5.69 Å². The number of nitro groups is 1. The summed E-state index contributed by atoms with van der Waals surface area (Å²) in [7, 11) is 0. The van der Waals surface area contributed by atoms with E-state index in [1.807, 2.05) is 25.1 Å². The molecule has 2 aromatic carbocycles. The highest BCUT2D eigenvalue weighted by Crippen LogP contribution is 2.40. The van der Waals surface area contributed by atoms with Gasteiger partial charge in [-0.2, -0.15) is 0 Å². The molecule has 10 nitrogen and oxygen atoms in total. The molecule has 2 heterocycles. The summed E-state index contributed by atoms with van der Waals surface area (Å²) in [6, 6.07) is 15.9. The van der Waals surface area contributed by atoms with Gasteiger partial charge in [-0.05, 0) is 38.8 Å². The molecule has 0 aromatic heterocycles. The lowest BCUT2D eigenvalue weighted by Gasteiger charge is -2.40. The molecule has 3 atom stereocenters. The second-order valence-corrected chi connectivity index (χ2v) is 9.58. The van der Waals surface area contributed by atoms with Gasteiger partial charge in [0, 0.05) is 43.2 Å². The zero-order valence-corrected chi connectivity index (χ0v) is 22.6. The number of nitrogens with zero attached hydrogens (tertiary/aromatic N) is 2. The first-order valence-corrected chi connectivity index (χ1v) is 13.0. The topological polar surface area (TPSA) is 123 Å². The van der Waals surface area contributed by atoms with Crippen molar-refractivity contribution in [2.45, 2.75) is 45.9 Å². The molecule has 1 saturated heterocycles. The first-order chi connectivity index (χ1) is 18.7. The van der Waals surface area contributed by atoms with E-state index in [2.05, 4.69) is 27.7 Å². The van der Waals surface area contributed by atoms with Gasteiger partial charge < -0.3 is 20.1 Å². The minimum Gasteiger partial charge on any atom is -0.463 e. The molecular formula is C29H34N4O6. The van der Waals surface area contributed by atoms with Crippen LogP contribution in [-0.4, -0.2) is 54.2 Å². The van der Waals surface area contributed by atoms with Crippen LogP contribution in [0.15, 0.2) is 77.1 Å². The van der Waals surface area contributed by atoms with E-state index in [9.17, 15) is 19.7 Å². The fourth-order valence-electron chi connectivity index (χ4n) is 5.29. The number of esters is 2. The molecule has 0 bridgehead atoms. The largest absolute Gasteiger partial charge is 0.463 e. The van der Waals surface area contributed by atoms with Crippen LogP contribution in [0.25, 0.3) is 0 Å². The minimum atomic E-state index is -0.821. The quantitative estimate of drug-likeness (QED) is 0.295. The maximum absolute atomic E-state index is 13.9. The van der Waals surface area contributed by atoms with Crippen LogP contribution < -0.4 is 10.6 Å². The molecule has 4 rings (SSSR count). The Morgan fingerprint density at radius 1 is 1.03 bits per heavy atom. The van der Waals surface area contributed by atoms with Crippen LogP contribution in [0.5, 0.6) is 0 Å². The van der Waals surface area contributed by atoms with Crippen LogP contribution in [0, 0.1) is 10.1 Å². The molecule has 206 valence electrons. The van der Waals surface area contributed by atoms with Gasteiger partial charge in [0.05, 0.1) is 34.6 Å². The van der Waals surface area contributed by atoms with Gasteiger partial charge in [0.2, 0.25) is 0 Å². The second-order valence-electron chi connectivity index (χ2n) is 9.58. The lowest BCUT2D eigenvalue weighted by molar-refractivity contribution is -0.384. The predicted molar refractivity (Wildman–Crippen MR) is 145 cm³/mol. The summed E-state index contributed by atoms with van der Waals surface area (Å²) >= 11 is 0. The Hall–Kier alpha value is -4.02. The molecular weight excluding hydrogens is 500 g/mol. The van der Waals surface area contributed by atoms with Gasteiger partial charge in [0.15, 0.2) is 6.23 Å². The SMILES string of the molecule is CCOC(=O)C1=C(C)NC(C)=C(C(=O)OC(C)N2CCNCC2c2ccccc2)C1c1ccc([N+](=O)[O-])cc1. The molecule has 0 aliphatic carbocycles. The highest BCUT2D eigenvalue weighted by atomic mass is 16.6. The van der Waals surface area contributed by atoms with Crippen molar-refractivity contribution in [3.63, 3.8) is 0 Å². The van der Waals surface area contributed by atoms with Gasteiger partial charge >= 0.3 is 11.9 Å². The van der Waals surface area contributed by atoms with Crippen LogP contribution in [0.2, 0.25) is 0 Å². The highest BCUT2D eigenvalue weighted by Gasteiger charge is 2.39. The maximum atomic E-state index is 13.9. The van der Waals surface area contributed by atoms with Gasteiger partial charge in [0.1, 0.15) is 0 Å². The number of non-ortho nitro benzene ring substituents is 1. The smallest absolute Gasteiger partial charge is 0.338 e. The number of carbonyl (C=O) groups is 2. The second kappa shape index (κ2) is 12.2. The summed E-state index contributed by atoms with van der Waals surface area (Å²) < 4.78 is 11.4. The van der Waals surface area contributed by atoms with Crippen LogP contribution in [0.1, 0.15) is 50.8 Å². The lowest BCUT2D eigenvalue weighted by Crippen LogP contribution is -2.51. The summed E-state index contributed by atoms with van der Waals surface area (Å²) in [5, 5.41) is 17.8. The van der Waals surface area contributed by atoms with E-state index in [1.54, 1.807) is 32.9 Å². The van der Waals surface area contributed by atoms with E-state index >= 15 is 0 Å². The average molecular weight is 535 g/mol. The highest BCUT2D eigenvalue weighted by molar-refractivity contribution is 6.00. The molecule has 2 aromatic rings. The van der Waals surface area contributed by atoms with Crippen LogP contribution >= 0.6 is 0 Å². The number of dihydropyridines is 1. The Morgan fingerprint density at radius 2 is 1.67 bits per heavy atom. The van der Waals surface area contributed by atoms with Gasteiger partial charge in [-0.15, -0.1) is 0 Å². The number of nitro benzene ring substituents is 1. The van der Waals surface area contributed by atoms with E-state index in [0.29, 0.717) is 23.5 Å². The summed E-state index contributed by atoms with van der Waals surface area (Å²) in [5.74, 6) is -1.96. The molecule has 0 spiro atoms. The molecule has 0 saturated carbocycles. The number of benzene rings is 2. The van der Waals surface area contributed by atoms with Crippen molar-refractivity contribution in [3.05, 3.63) is 98.4 Å². The van der Waals surface area contributed by atoms with Crippen molar-refractivity contribution < 1.29 is 24.0 Å². The molecule has 1 fully saturated rings. The molecule has 0 radical (unpaired) electrons. The number of carbonyl (C=O) groups excluding carboxylic acids is 2. The molecule has 10 heteroatoms. The monoisotopic (exact) mass is 534 g/mol. The summed E-state index contributed by atoms with van der Waals surface area (Å²) in [4.78, 5) is 39.8. The molecule has 2 aliphatic heterocycles. The standard InChI is InChI=1S/C29H34N4O6/c1-5-38-28(34)25-18(2)31-19(3)26(27(25)22-11-13-23(14-12-22)33(36)37)29(35)39-20(4)32-16-15-30-17-24(32)21-9-7-6-8-10-21/h6-14,20,24,27,30-31H,5,15-17H2,1-4H3. The molecule has 3 unspecified atom stereocenters. The molecule has 39 heavy (non-hydrogen) atoms. The first-order valence-electron chi connectivity index (χ1n) is 13.0. The predicted octanol–water partition coefficient (Wildman–Crippen LogP) is 3.93. The number of allylic oxidation sites excluding steroid dienone is 2. The summed E-state index contributed by atoms with van der Waals surface area (Å²) in [6.45, 7) is 9.37. The average Bonchev–Trinajstić information content (AvgIpc) is 2.93. The fraction of sp³-hybridized carbons (Fsp3) is 0.379. The Kier molecular flexibility index (Phi) is 8.78. The number of hydrogen-bond acceptors (Lipinski definition) is 9. The lowest BCUT2D eigenvalue weighted by atomic mass is 9.80. The number of nitrogens with one attached hydrogen (secondary N) is 2. The Labute approximate surface area is 227 Å². The molecule has 0 amide bonds. The van der Waals surface area contributed by atoms with Crippen molar-refractivity contribution in [2.75, 3.05) is 26.2 Å². The number of ether oxygens (including phenoxy) is 2. The van der Waals surface area contributed by atoms with E-state index in [1.165, 1.54) is 12.1 Å². The number of hydrogen-bond donors (Lipinski definition) is 2. The van der Waals surface area contributed by atoms with Crippen molar-refractivity contribution in [3.8, 4) is 0 Å². The zero-order valence-electron chi connectivity index (χ0n) is 22.6. The van der Waals surface area contributed by atoms with E-state index in [0.717, 1.165) is 18.7 Å². The van der Waals surface area contributed by atoms with Crippen LogP contribution in [0.3, 0.4) is 0 Å². The molecule has 2 N–H and O–H groups in total. The summed E-state index contributed by atoms with van der Waals surface area (Å²) in [6.07, 6.45) is -0.555. The van der Waals surface area contributed by atoms with Gasteiger partial charge in [-0.25, -0.2) is 9.59 Å². The van der Waals surface area contributed by atoms with Crippen molar-refractivity contribution >= 4 is 17.6 Å². The third-order valence-corrected chi connectivity index (χ3v) is 7.13. The Bertz CT molecular complexity index is 1290. The van der Waals surface area contributed by atoms with Crippen molar-refractivity contribution in [2.24, 2.45) is 0 Å². The fourth-order valence-corrected chi connectivity index (χ4v) is 5.29. The summed E-state index contributed by atoms with van der Waals surface area (Å²) in [5.41, 5.74) is 3.19. The van der Waals surface area contributed by atoms with Crippen molar-refractivity contribution in [1.29, 1.82) is 0 Å². The Morgan fingerprint density at radius 3 is 2.28 bits per heavy atom. The normalized spacial score (nSPS) is 20.7. The minimum absolute atomic E-state index is 0.0185. The van der Waals surface area contributed by atoms with Gasteiger partial charge in [-0.1, -0.05) is 42.5 Å². The van der Waals surface area contributed by atoms with Crippen molar-refractivity contribution in [1.82, 2.24) is 15.5 Å². The van der Waals surface area contributed by atoms with Gasteiger partial charge in [0.25, 0.3) is 5.69 Å². The number of piperazine rings is 1.